The predicted octanol–water partition coefficient (Wildman–Crippen LogP) is 6.89. The molecule has 0 unspecified atom stereocenters. The van der Waals surface area contributed by atoms with Crippen molar-refractivity contribution >= 4 is 50.3 Å². The molecule has 31 heavy (non-hydrogen) atoms. The molecular formula is C28H19O2P. The van der Waals surface area contributed by atoms with Gasteiger partial charge in [-0.15, -0.1) is 0 Å². The molecule has 6 aromatic rings. The van der Waals surface area contributed by atoms with E-state index in [1.807, 2.05) is 66.7 Å². The highest BCUT2D eigenvalue weighted by molar-refractivity contribution is 7.74. The molecule has 6 rings (SSSR count). The average molecular weight is 418 g/mol. The number of hydrogen-bond donors (Lipinski definition) is 0. The third-order valence-electron chi connectivity index (χ3n) is 5.91. The molecule has 0 atom stereocenters. The molecule has 0 heterocycles. The first-order valence-corrected chi connectivity index (χ1v) is 11.9. The summed E-state index contributed by atoms with van der Waals surface area (Å²) >= 11 is 0. The largest absolute Gasteiger partial charge is 0.436 e. The Morgan fingerprint density at radius 3 is 1.61 bits per heavy atom. The molecule has 6 aromatic carbocycles. The Morgan fingerprint density at radius 1 is 0.484 bits per heavy atom. The van der Waals surface area contributed by atoms with Gasteiger partial charge in [-0.3, -0.25) is 4.57 Å². The molecule has 0 aromatic heterocycles. The van der Waals surface area contributed by atoms with Gasteiger partial charge in [-0.2, -0.15) is 0 Å². The van der Waals surface area contributed by atoms with E-state index in [4.69, 9.17) is 4.52 Å². The molecular weight excluding hydrogens is 399 g/mol. The van der Waals surface area contributed by atoms with Crippen molar-refractivity contribution in [2.24, 2.45) is 0 Å². The standard InChI is InChI=1S/C28H19O2P/c29-31(23-10-3-1-4-11-23,24-12-5-2-6-13-24)30-26-19-17-22-15-14-20-8-7-9-21-16-18-25(26)28(22)27(20)21/h1-19H. The third kappa shape index (κ3) is 2.84. The van der Waals surface area contributed by atoms with E-state index in [2.05, 4.69) is 48.5 Å². The summed E-state index contributed by atoms with van der Waals surface area (Å²) in [5, 5.41) is 8.27. The van der Waals surface area contributed by atoms with Crippen molar-refractivity contribution in [1.29, 1.82) is 0 Å². The van der Waals surface area contributed by atoms with Gasteiger partial charge in [-0.25, -0.2) is 0 Å². The third-order valence-corrected chi connectivity index (χ3v) is 8.32. The van der Waals surface area contributed by atoms with Crippen LogP contribution >= 0.6 is 7.37 Å². The number of hydrogen-bond acceptors (Lipinski definition) is 2. The summed E-state index contributed by atoms with van der Waals surface area (Å²) in [6, 6.07) is 37.8. The van der Waals surface area contributed by atoms with Crippen molar-refractivity contribution in [2.45, 2.75) is 0 Å². The molecule has 0 spiro atoms. The zero-order chi connectivity index (χ0) is 20.8. The summed E-state index contributed by atoms with van der Waals surface area (Å²) in [5.41, 5.74) is 0. The van der Waals surface area contributed by atoms with Gasteiger partial charge >= 0.3 is 7.37 Å². The van der Waals surface area contributed by atoms with Gasteiger partial charge in [0.1, 0.15) is 5.75 Å². The highest BCUT2D eigenvalue weighted by Gasteiger charge is 2.30. The summed E-state index contributed by atoms with van der Waals surface area (Å²) in [5.74, 6) is 0.641. The number of benzene rings is 6. The lowest BCUT2D eigenvalue weighted by molar-refractivity contribution is 0.505. The smallest absolute Gasteiger partial charge is 0.306 e. The fourth-order valence-electron chi connectivity index (χ4n) is 4.43. The molecule has 0 bridgehead atoms. The van der Waals surface area contributed by atoms with Crippen LogP contribution < -0.4 is 15.1 Å². The van der Waals surface area contributed by atoms with Crippen LogP contribution in [0.3, 0.4) is 0 Å². The lowest BCUT2D eigenvalue weighted by Crippen LogP contribution is -2.20. The van der Waals surface area contributed by atoms with Gasteiger partial charge in [-0.05, 0) is 57.9 Å². The summed E-state index contributed by atoms with van der Waals surface area (Å²) in [7, 11) is -3.34. The van der Waals surface area contributed by atoms with Gasteiger partial charge in [0.2, 0.25) is 0 Å². The molecule has 0 amide bonds. The van der Waals surface area contributed by atoms with Crippen LogP contribution in [0.5, 0.6) is 5.75 Å². The van der Waals surface area contributed by atoms with E-state index in [1.165, 1.54) is 16.2 Å². The summed E-state index contributed by atoms with van der Waals surface area (Å²) in [6.07, 6.45) is 0. The minimum Gasteiger partial charge on any atom is -0.436 e. The molecule has 0 fully saturated rings. The predicted molar refractivity (Wildman–Crippen MR) is 131 cm³/mol. The van der Waals surface area contributed by atoms with Crippen molar-refractivity contribution in [1.82, 2.24) is 0 Å². The SMILES string of the molecule is O=P(Oc1ccc2ccc3cccc4ccc1c2c34)(c1ccccc1)c1ccccc1. The van der Waals surface area contributed by atoms with Crippen molar-refractivity contribution in [3.63, 3.8) is 0 Å². The van der Waals surface area contributed by atoms with Gasteiger partial charge in [0.05, 0.1) is 10.6 Å². The second-order valence-electron chi connectivity index (χ2n) is 7.73. The maximum atomic E-state index is 14.4. The molecule has 0 aliphatic rings. The Bertz CT molecular complexity index is 1510. The van der Waals surface area contributed by atoms with Crippen LogP contribution in [-0.4, -0.2) is 0 Å². The zero-order valence-corrected chi connectivity index (χ0v) is 17.6. The Labute approximate surface area is 180 Å². The van der Waals surface area contributed by atoms with Crippen LogP contribution in [0.2, 0.25) is 0 Å². The average Bonchev–Trinajstić information content (AvgIpc) is 2.84. The van der Waals surface area contributed by atoms with Crippen LogP contribution in [0.1, 0.15) is 0 Å². The topological polar surface area (TPSA) is 26.3 Å². The molecule has 0 saturated heterocycles. The molecule has 0 N–H and O–H groups in total. The zero-order valence-electron chi connectivity index (χ0n) is 16.7. The van der Waals surface area contributed by atoms with Crippen molar-refractivity contribution < 1.29 is 9.09 Å². The molecule has 0 aliphatic heterocycles. The maximum Gasteiger partial charge on any atom is 0.306 e. The van der Waals surface area contributed by atoms with Gasteiger partial charge in [0.15, 0.2) is 0 Å². The monoisotopic (exact) mass is 418 g/mol. The van der Waals surface area contributed by atoms with Gasteiger partial charge in [0.25, 0.3) is 0 Å². The first-order chi connectivity index (χ1) is 15.2. The lowest BCUT2D eigenvalue weighted by atomic mass is 9.94. The van der Waals surface area contributed by atoms with Crippen molar-refractivity contribution in [3.05, 3.63) is 115 Å². The molecule has 3 heteroatoms. The molecule has 0 saturated carbocycles. The van der Waals surface area contributed by atoms with Gasteiger partial charge in [0, 0.05) is 10.8 Å². The second kappa shape index (κ2) is 6.97. The minimum absolute atomic E-state index is 0.641. The van der Waals surface area contributed by atoms with E-state index in [0.717, 1.165) is 16.2 Å². The number of rotatable bonds is 4. The van der Waals surface area contributed by atoms with E-state index >= 15 is 0 Å². The second-order valence-corrected chi connectivity index (χ2v) is 10.1. The van der Waals surface area contributed by atoms with Crippen LogP contribution in [-0.2, 0) is 4.57 Å². The van der Waals surface area contributed by atoms with Crippen LogP contribution in [0.25, 0.3) is 32.3 Å². The van der Waals surface area contributed by atoms with Crippen LogP contribution in [0.15, 0.2) is 115 Å². The van der Waals surface area contributed by atoms with Crippen molar-refractivity contribution in [3.8, 4) is 5.75 Å². The Kier molecular flexibility index (Phi) is 4.09. The molecule has 2 nitrogen and oxygen atoms in total. The summed E-state index contributed by atoms with van der Waals surface area (Å²) in [4.78, 5) is 0. The normalized spacial score (nSPS) is 12.0. The Morgan fingerprint density at radius 2 is 1.00 bits per heavy atom. The molecule has 0 aliphatic carbocycles. The molecule has 148 valence electrons. The first kappa shape index (κ1) is 18.2. The van der Waals surface area contributed by atoms with E-state index < -0.39 is 7.37 Å². The highest BCUT2D eigenvalue weighted by Crippen LogP contribution is 2.48. The quantitative estimate of drug-likeness (QED) is 0.230. The van der Waals surface area contributed by atoms with Crippen molar-refractivity contribution in [2.75, 3.05) is 0 Å². The Hall–Kier alpha value is -3.61. The fraction of sp³-hybridized carbons (Fsp3) is 0. The van der Waals surface area contributed by atoms with E-state index in [1.54, 1.807) is 0 Å². The Balaban J connectivity index is 1.61. The van der Waals surface area contributed by atoms with Gasteiger partial charge < -0.3 is 4.52 Å². The van der Waals surface area contributed by atoms with E-state index in [0.29, 0.717) is 16.4 Å². The maximum absolute atomic E-state index is 14.4. The first-order valence-electron chi connectivity index (χ1n) is 10.3. The van der Waals surface area contributed by atoms with Crippen LogP contribution in [0, 0.1) is 0 Å². The fourth-order valence-corrected chi connectivity index (χ4v) is 6.50. The van der Waals surface area contributed by atoms with Gasteiger partial charge in [-0.1, -0.05) is 78.9 Å². The summed E-state index contributed by atoms with van der Waals surface area (Å²) in [6.45, 7) is 0. The molecule has 0 radical (unpaired) electrons. The summed E-state index contributed by atoms with van der Waals surface area (Å²) < 4.78 is 20.9. The lowest BCUT2D eigenvalue weighted by Gasteiger charge is -2.22. The highest BCUT2D eigenvalue weighted by atomic mass is 31.2. The van der Waals surface area contributed by atoms with E-state index in [-0.39, 0.29) is 0 Å². The van der Waals surface area contributed by atoms with Crippen LogP contribution in [0.4, 0.5) is 0 Å². The minimum atomic E-state index is -3.34. The van der Waals surface area contributed by atoms with E-state index in [9.17, 15) is 4.57 Å².